The van der Waals surface area contributed by atoms with Gasteiger partial charge in [0, 0.05) is 59.8 Å². The molecular weight excluding hydrogens is 387 g/mol. The molecule has 0 aromatic heterocycles. The van der Waals surface area contributed by atoms with Crippen molar-refractivity contribution in [3.05, 3.63) is 64.1 Å². The zero-order chi connectivity index (χ0) is 18.4. The van der Waals surface area contributed by atoms with E-state index in [1.165, 1.54) is 11.3 Å². The Morgan fingerprint density at radius 3 is 2.38 bits per heavy atom. The lowest BCUT2D eigenvalue weighted by atomic mass is 10.2. The van der Waals surface area contributed by atoms with Crippen LogP contribution in [0.2, 0.25) is 10.0 Å². The van der Waals surface area contributed by atoms with Crippen molar-refractivity contribution < 1.29 is 4.79 Å². The maximum absolute atomic E-state index is 12.4. The number of thioether (sulfide) groups is 1. The van der Waals surface area contributed by atoms with Crippen molar-refractivity contribution in [3.8, 4) is 0 Å². The minimum atomic E-state index is 0.249. The van der Waals surface area contributed by atoms with Crippen LogP contribution in [0, 0.1) is 0 Å². The Morgan fingerprint density at radius 2 is 1.69 bits per heavy atom. The molecule has 2 aromatic rings. The Hall–Kier alpha value is -1.36. The lowest BCUT2D eigenvalue weighted by Gasteiger charge is -2.36. The van der Waals surface area contributed by atoms with Gasteiger partial charge in [0.15, 0.2) is 0 Å². The summed E-state index contributed by atoms with van der Waals surface area (Å²) in [7, 11) is 0. The topological polar surface area (TPSA) is 23.6 Å². The van der Waals surface area contributed by atoms with E-state index in [1.54, 1.807) is 11.8 Å². The van der Waals surface area contributed by atoms with E-state index in [2.05, 4.69) is 11.0 Å². The second kappa shape index (κ2) is 9.54. The van der Waals surface area contributed by atoms with Crippen molar-refractivity contribution in [2.45, 2.75) is 12.2 Å². The summed E-state index contributed by atoms with van der Waals surface area (Å²) in [6, 6.07) is 15.8. The van der Waals surface area contributed by atoms with E-state index in [1.807, 2.05) is 47.4 Å². The fourth-order valence-electron chi connectivity index (χ4n) is 3.00. The molecule has 0 aliphatic carbocycles. The van der Waals surface area contributed by atoms with E-state index in [0.29, 0.717) is 6.42 Å². The molecule has 1 aliphatic rings. The summed E-state index contributed by atoms with van der Waals surface area (Å²) in [6.07, 6.45) is 0.589. The van der Waals surface area contributed by atoms with E-state index < -0.39 is 0 Å². The van der Waals surface area contributed by atoms with Gasteiger partial charge in [-0.3, -0.25) is 4.79 Å². The third kappa shape index (κ3) is 5.57. The second-order valence-corrected chi connectivity index (χ2v) is 8.25. The lowest BCUT2D eigenvalue weighted by molar-refractivity contribution is -0.131. The third-order valence-electron chi connectivity index (χ3n) is 4.44. The van der Waals surface area contributed by atoms with E-state index in [0.717, 1.165) is 47.7 Å². The predicted molar refractivity (Wildman–Crippen MR) is 112 cm³/mol. The normalized spacial score (nSPS) is 14.5. The highest BCUT2D eigenvalue weighted by Gasteiger charge is 2.20. The average molecular weight is 409 g/mol. The van der Waals surface area contributed by atoms with Crippen LogP contribution in [0.3, 0.4) is 0 Å². The molecule has 1 amide bonds. The van der Waals surface area contributed by atoms with Crippen LogP contribution in [0.4, 0.5) is 5.69 Å². The van der Waals surface area contributed by atoms with Gasteiger partial charge >= 0.3 is 0 Å². The zero-order valence-corrected chi connectivity index (χ0v) is 16.9. The number of carbonyl (C=O) groups excluding carboxylic acids is 1. The van der Waals surface area contributed by atoms with Crippen LogP contribution in [0.15, 0.2) is 48.5 Å². The number of amides is 1. The highest BCUT2D eigenvalue weighted by Crippen LogP contribution is 2.20. The molecule has 3 nitrogen and oxygen atoms in total. The first-order chi connectivity index (χ1) is 12.6. The van der Waals surface area contributed by atoms with Gasteiger partial charge in [-0.1, -0.05) is 35.3 Å². The van der Waals surface area contributed by atoms with Gasteiger partial charge in [-0.05, 0) is 42.0 Å². The van der Waals surface area contributed by atoms with Crippen molar-refractivity contribution in [1.29, 1.82) is 0 Å². The summed E-state index contributed by atoms with van der Waals surface area (Å²) in [4.78, 5) is 16.7. The molecular formula is C20H22Cl2N2OS. The molecule has 0 radical (unpaired) electrons. The predicted octanol–water partition coefficient (Wildman–Crippen LogP) is 4.97. The molecule has 1 heterocycles. The van der Waals surface area contributed by atoms with Crippen LogP contribution in [0.5, 0.6) is 0 Å². The number of halogens is 2. The maximum atomic E-state index is 12.4. The van der Waals surface area contributed by atoms with Crippen molar-refractivity contribution in [2.24, 2.45) is 0 Å². The summed E-state index contributed by atoms with van der Waals surface area (Å²) in [5, 5.41) is 1.51. The molecule has 3 rings (SSSR count). The molecule has 6 heteroatoms. The number of benzene rings is 2. The van der Waals surface area contributed by atoms with Gasteiger partial charge in [0.25, 0.3) is 0 Å². The van der Waals surface area contributed by atoms with Crippen LogP contribution in [0.25, 0.3) is 0 Å². The highest BCUT2D eigenvalue weighted by molar-refractivity contribution is 7.98. The van der Waals surface area contributed by atoms with Crippen molar-refractivity contribution in [2.75, 3.05) is 36.8 Å². The maximum Gasteiger partial charge on any atom is 0.223 e. The van der Waals surface area contributed by atoms with E-state index in [-0.39, 0.29) is 5.91 Å². The first-order valence-corrected chi connectivity index (χ1v) is 10.6. The molecule has 0 bridgehead atoms. The van der Waals surface area contributed by atoms with E-state index in [4.69, 9.17) is 23.2 Å². The fourth-order valence-corrected chi connectivity index (χ4v) is 4.22. The van der Waals surface area contributed by atoms with Crippen LogP contribution < -0.4 is 4.90 Å². The summed E-state index contributed by atoms with van der Waals surface area (Å²) in [5.74, 6) is 1.97. The molecule has 26 heavy (non-hydrogen) atoms. The molecule has 1 saturated heterocycles. The molecule has 0 unspecified atom stereocenters. The summed E-state index contributed by atoms with van der Waals surface area (Å²) in [5.41, 5.74) is 2.37. The fraction of sp³-hybridized carbons (Fsp3) is 0.350. The van der Waals surface area contributed by atoms with Gasteiger partial charge in [0.1, 0.15) is 0 Å². The summed E-state index contributed by atoms with van der Waals surface area (Å²) >= 11 is 13.7. The van der Waals surface area contributed by atoms with Gasteiger partial charge in [-0.2, -0.15) is 11.8 Å². The number of anilines is 1. The summed E-state index contributed by atoms with van der Waals surface area (Å²) in [6.45, 7) is 3.28. The van der Waals surface area contributed by atoms with Gasteiger partial charge in [-0.15, -0.1) is 0 Å². The molecule has 138 valence electrons. The van der Waals surface area contributed by atoms with E-state index in [9.17, 15) is 4.79 Å². The lowest BCUT2D eigenvalue weighted by Crippen LogP contribution is -2.48. The van der Waals surface area contributed by atoms with Gasteiger partial charge < -0.3 is 9.80 Å². The summed E-state index contributed by atoms with van der Waals surface area (Å²) < 4.78 is 0. The Morgan fingerprint density at radius 1 is 0.962 bits per heavy atom. The monoisotopic (exact) mass is 408 g/mol. The number of piperazine rings is 1. The SMILES string of the molecule is O=C(CCSCc1cccc(Cl)c1)N1CCN(c2ccc(Cl)cc2)CC1. The molecule has 0 saturated carbocycles. The first kappa shape index (κ1) is 19.4. The molecule has 0 spiro atoms. The van der Waals surface area contributed by atoms with E-state index >= 15 is 0 Å². The standard InChI is InChI=1S/C20H22Cl2N2OS/c21-17-4-6-19(7-5-17)23-9-11-24(12-10-23)20(25)8-13-26-15-16-2-1-3-18(22)14-16/h1-7,14H,8-13,15H2. The minimum absolute atomic E-state index is 0.249. The molecule has 1 aliphatic heterocycles. The third-order valence-corrected chi connectivity index (χ3v) is 5.96. The Bertz CT molecular complexity index is 731. The molecule has 0 atom stereocenters. The Kier molecular flexibility index (Phi) is 7.12. The Balaban J connectivity index is 1.37. The van der Waals surface area contributed by atoms with Crippen molar-refractivity contribution >= 4 is 46.6 Å². The Labute approximate surface area is 169 Å². The van der Waals surface area contributed by atoms with Gasteiger partial charge in [-0.25, -0.2) is 0 Å². The number of nitrogens with zero attached hydrogens (tertiary/aromatic N) is 2. The largest absolute Gasteiger partial charge is 0.368 e. The number of hydrogen-bond donors (Lipinski definition) is 0. The van der Waals surface area contributed by atoms with Crippen LogP contribution in [-0.2, 0) is 10.5 Å². The molecule has 1 fully saturated rings. The van der Waals surface area contributed by atoms with Crippen LogP contribution >= 0.6 is 35.0 Å². The minimum Gasteiger partial charge on any atom is -0.368 e. The second-order valence-electron chi connectivity index (χ2n) is 6.28. The van der Waals surface area contributed by atoms with Crippen LogP contribution in [-0.4, -0.2) is 42.7 Å². The first-order valence-electron chi connectivity index (χ1n) is 8.72. The number of hydrogen-bond acceptors (Lipinski definition) is 3. The number of carbonyl (C=O) groups is 1. The van der Waals surface area contributed by atoms with Crippen LogP contribution in [0.1, 0.15) is 12.0 Å². The average Bonchev–Trinajstić information content (AvgIpc) is 2.66. The molecule has 2 aromatic carbocycles. The van der Waals surface area contributed by atoms with Gasteiger partial charge in [0.05, 0.1) is 0 Å². The van der Waals surface area contributed by atoms with Crippen molar-refractivity contribution in [1.82, 2.24) is 4.90 Å². The quantitative estimate of drug-likeness (QED) is 0.630. The zero-order valence-electron chi connectivity index (χ0n) is 14.5. The number of rotatable bonds is 6. The van der Waals surface area contributed by atoms with Gasteiger partial charge in [0.2, 0.25) is 5.91 Å². The highest BCUT2D eigenvalue weighted by atomic mass is 35.5. The smallest absolute Gasteiger partial charge is 0.223 e. The van der Waals surface area contributed by atoms with Crippen molar-refractivity contribution in [3.63, 3.8) is 0 Å². The molecule has 0 N–H and O–H groups in total.